The van der Waals surface area contributed by atoms with E-state index in [-0.39, 0.29) is 24.1 Å². The Morgan fingerprint density at radius 1 is 1.55 bits per heavy atom. The van der Waals surface area contributed by atoms with E-state index in [1.807, 2.05) is 10.9 Å². The van der Waals surface area contributed by atoms with Gasteiger partial charge in [0.25, 0.3) is 0 Å². The molecular formula is C14H24N4O2. The number of amides is 2. The number of rotatable bonds is 2. The zero-order valence-electron chi connectivity index (χ0n) is 12.5. The Morgan fingerprint density at radius 3 is 2.90 bits per heavy atom. The van der Waals surface area contributed by atoms with E-state index in [2.05, 4.69) is 31.2 Å². The molecule has 6 heteroatoms. The van der Waals surface area contributed by atoms with E-state index in [4.69, 9.17) is 0 Å². The quantitative estimate of drug-likeness (QED) is 0.869. The Labute approximate surface area is 119 Å². The molecule has 1 aliphatic rings. The molecule has 1 aromatic rings. The maximum absolute atomic E-state index is 12.2. The summed E-state index contributed by atoms with van der Waals surface area (Å²) >= 11 is 0. The molecule has 1 saturated heterocycles. The predicted molar refractivity (Wildman–Crippen MR) is 77.6 cm³/mol. The van der Waals surface area contributed by atoms with E-state index in [1.54, 1.807) is 11.1 Å². The number of carbonyl (C=O) groups is 1. The van der Waals surface area contributed by atoms with Crippen molar-refractivity contribution < 1.29 is 9.90 Å². The fourth-order valence-electron chi connectivity index (χ4n) is 2.36. The molecule has 2 rings (SSSR count). The van der Waals surface area contributed by atoms with Crippen LogP contribution in [0.2, 0.25) is 0 Å². The lowest BCUT2D eigenvalue weighted by molar-refractivity contribution is 0.136. The van der Waals surface area contributed by atoms with E-state index in [0.717, 1.165) is 19.4 Å². The molecule has 2 N–H and O–H groups in total. The van der Waals surface area contributed by atoms with Crippen molar-refractivity contribution in [3.63, 3.8) is 0 Å². The van der Waals surface area contributed by atoms with Crippen LogP contribution in [0.3, 0.4) is 0 Å². The Kier molecular flexibility index (Phi) is 4.32. The summed E-state index contributed by atoms with van der Waals surface area (Å²) in [5.41, 5.74) is 0.604. The molecule has 0 aromatic carbocycles. The number of piperidine rings is 1. The maximum atomic E-state index is 12.2. The molecule has 6 nitrogen and oxygen atoms in total. The number of likely N-dealkylation sites (tertiary alicyclic amines) is 1. The van der Waals surface area contributed by atoms with Gasteiger partial charge < -0.3 is 15.3 Å². The number of anilines is 1. The van der Waals surface area contributed by atoms with Crippen molar-refractivity contribution in [3.8, 4) is 0 Å². The Balaban J connectivity index is 1.96. The highest BCUT2D eigenvalue weighted by Crippen LogP contribution is 2.19. The van der Waals surface area contributed by atoms with Gasteiger partial charge in [-0.1, -0.05) is 0 Å². The van der Waals surface area contributed by atoms with Crippen molar-refractivity contribution in [2.45, 2.75) is 39.2 Å². The summed E-state index contributed by atoms with van der Waals surface area (Å²) in [4.78, 5) is 13.9. The summed E-state index contributed by atoms with van der Waals surface area (Å²) in [5, 5.41) is 16.3. The van der Waals surface area contributed by atoms with Gasteiger partial charge in [-0.3, -0.25) is 4.68 Å². The van der Waals surface area contributed by atoms with Crippen LogP contribution in [0.25, 0.3) is 0 Å². The molecule has 1 fully saturated rings. The van der Waals surface area contributed by atoms with Crippen LogP contribution >= 0.6 is 0 Å². The summed E-state index contributed by atoms with van der Waals surface area (Å²) in [7, 11) is 0. The average Bonchev–Trinajstić information content (AvgIpc) is 2.87. The third-order valence-electron chi connectivity index (χ3n) is 3.59. The molecule has 1 aromatic heterocycles. The van der Waals surface area contributed by atoms with Crippen LogP contribution in [-0.4, -0.2) is 45.5 Å². The van der Waals surface area contributed by atoms with Crippen molar-refractivity contribution in [2.24, 2.45) is 5.92 Å². The number of aliphatic hydroxyl groups is 1. The fraction of sp³-hybridized carbons (Fsp3) is 0.714. The average molecular weight is 280 g/mol. The topological polar surface area (TPSA) is 70.4 Å². The van der Waals surface area contributed by atoms with E-state index in [0.29, 0.717) is 12.2 Å². The number of aliphatic hydroxyl groups excluding tert-OH is 1. The van der Waals surface area contributed by atoms with Gasteiger partial charge in [0.15, 0.2) is 0 Å². The number of carbonyl (C=O) groups excluding carboxylic acids is 1. The van der Waals surface area contributed by atoms with Gasteiger partial charge in [0.1, 0.15) is 0 Å². The number of aromatic nitrogens is 2. The highest BCUT2D eigenvalue weighted by atomic mass is 16.3. The van der Waals surface area contributed by atoms with E-state index < -0.39 is 0 Å². The van der Waals surface area contributed by atoms with E-state index in [9.17, 15) is 9.90 Å². The van der Waals surface area contributed by atoms with Crippen LogP contribution in [0.4, 0.5) is 10.5 Å². The smallest absolute Gasteiger partial charge is 0.321 e. The summed E-state index contributed by atoms with van der Waals surface area (Å²) in [6.45, 7) is 7.68. The first kappa shape index (κ1) is 14.8. The number of urea groups is 1. The van der Waals surface area contributed by atoms with Gasteiger partial charge in [-0.25, -0.2) is 4.79 Å². The minimum atomic E-state index is -0.114. The summed E-state index contributed by atoms with van der Waals surface area (Å²) in [6, 6.07) is -0.114. The normalized spacial score (nSPS) is 20.0. The minimum absolute atomic E-state index is 0.101. The third-order valence-corrected chi connectivity index (χ3v) is 3.59. The second kappa shape index (κ2) is 5.83. The highest BCUT2D eigenvalue weighted by molar-refractivity contribution is 5.89. The Morgan fingerprint density at radius 2 is 2.30 bits per heavy atom. The lowest BCUT2D eigenvalue weighted by Gasteiger charge is -2.31. The first-order valence-corrected chi connectivity index (χ1v) is 7.12. The highest BCUT2D eigenvalue weighted by Gasteiger charge is 2.23. The van der Waals surface area contributed by atoms with Crippen LogP contribution in [0.15, 0.2) is 12.4 Å². The molecule has 2 heterocycles. The SMILES string of the molecule is CC(C)(C)n1cc(NC(=O)N2CCCC(CO)C2)cn1. The van der Waals surface area contributed by atoms with Crippen LogP contribution in [0, 0.1) is 5.92 Å². The van der Waals surface area contributed by atoms with Gasteiger partial charge in [-0.15, -0.1) is 0 Å². The zero-order chi connectivity index (χ0) is 14.8. The second-order valence-electron chi connectivity index (χ2n) is 6.41. The van der Waals surface area contributed by atoms with Gasteiger partial charge in [0.05, 0.1) is 17.4 Å². The lowest BCUT2D eigenvalue weighted by Crippen LogP contribution is -2.43. The molecule has 112 valence electrons. The summed E-state index contributed by atoms with van der Waals surface area (Å²) < 4.78 is 1.83. The first-order valence-electron chi connectivity index (χ1n) is 7.12. The largest absolute Gasteiger partial charge is 0.396 e. The molecule has 0 radical (unpaired) electrons. The molecule has 0 bridgehead atoms. The molecule has 0 saturated carbocycles. The zero-order valence-corrected chi connectivity index (χ0v) is 12.5. The monoisotopic (exact) mass is 280 g/mol. The van der Waals surface area contributed by atoms with Gasteiger partial charge in [-0.2, -0.15) is 5.10 Å². The third kappa shape index (κ3) is 3.50. The number of hydrogen-bond donors (Lipinski definition) is 2. The number of nitrogens with one attached hydrogen (secondary N) is 1. The van der Waals surface area contributed by atoms with Gasteiger partial charge in [0, 0.05) is 25.9 Å². The van der Waals surface area contributed by atoms with Crippen LogP contribution < -0.4 is 5.32 Å². The molecule has 0 aliphatic carbocycles. The predicted octanol–water partition coefficient (Wildman–Crippen LogP) is 1.87. The summed E-state index contributed by atoms with van der Waals surface area (Å²) in [5.74, 6) is 0.201. The second-order valence-corrected chi connectivity index (χ2v) is 6.41. The van der Waals surface area contributed by atoms with Gasteiger partial charge in [-0.05, 0) is 39.5 Å². The maximum Gasteiger partial charge on any atom is 0.321 e. The van der Waals surface area contributed by atoms with Crippen molar-refractivity contribution in [2.75, 3.05) is 25.0 Å². The number of nitrogens with zero attached hydrogens (tertiary/aromatic N) is 3. The molecule has 2 amide bonds. The Bertz CT molecular complexity index is 464. The molecule has 1 aliphatic heterocycles. The molecule has 1 atom stereocenters. The minimum Gasteiger partial charge on any atom is -0.396 e. The molecular weight excluding hydrogens is 256 g/mol. The molecule has 1 unspecified atom stereocenters. The summed E-state index contributed by atoms with van der Waals surface area (Å²) in [6.07, 6.45) is 5.43. The van der Waals surface area contributed by atoms with Crippen molar-refractivity contribution in [1.82, 2.24) is 14.7 Å². The molecule has 0 spiro atoms. The lowest BCUT2D eigenvalue weighted by atomic mass is 9.99. The van der Waals surface area contributed by atoms with Crippen LogP contribution in [0.1, 0.15) is 33.6 Å². The van der Waals surface area contributed by atoms with Gasteiger partial charge >= 0.3 is 6.03 Å². The van der Waals surface area contributed by atoms with Crippen molar-refractivity contribution in [3.05, 3.63) is 12.4 Å². The van der Waals surface area contributed by atoms with E-state index in [1.165, 1.54) is 0 Å². The Hall–Kier alpha value is -1.56. The van der Waals surface area contributed by atoms with E-state index >= 15 is 0 Å². The van der Waals surface area contributed by atoms with Crippen molar-refractivity contribution >= 4 is 11.7 Å². The number of hydrogen-bond acceptors (Lipinski definition) is 3. The standard InChI is InChI=1S/C14H24N4O2/c1-14(2,3)18-9-12(7-15-18)16-13(20)17-6-4-5-11(8-17)10-19/h7,9,11,19H,4-6,8,10H2,1-3H3,(H,16,20). The molecule has 20 heavy (non-hydrogen) atoms. The van der Waals surface area contributed by atoms with Crippen LogP contribution in [0.5, 0.6) is 0 Å². The van der Waals surface area contributed by atoms with Gasteiger partial charge in [0.2, 0.25) is 0 Å². The first-order chi connectivity index (χ1) is 9.40. The van der Waals surface area contributed by atoms with Crippen LogP contribution in [-0.2, 0) is 5.54 Å². The van der Waals surface area contributed by atoms with Crippen molar-refractivity contribution in [1.29, 1.82) is 0 Å². The fourth-order valence-corrected chi connectivity index (χ4v) is 2.36.